The third-order valence-corrected chi connectivity index (χ3v) is 4.11. The second-order valence-electron chi connectivity index (χ2n) is 4.91. The van der Waals surface area contributed by atoms with Gasteiger partial charge in [-0.1, -0.05) is 12.1 Å². The van der Waals surface area contributed by atoms with E-state index < -0.39 is 10.9 Å². The van der Waals surface area contributed by atoms with Crippen molar-refractivity contribution in [1.29, 1.82) is 0 Å². The molecule has 0 N–H and O–H groups in total. The van der Waals surface area contributed by atoms with Crippen molar-refractivity contribution in [2.75, 3.05) is 6.26 Å². The summed E-state index contributed by atoms with van der Waals surface area (Å²) < 4.78 is 5.15. The van der Waals surface area contributed by atoms with Crippen LogP contribution in [0.3, 0.4) is 0 Å². The first kappa shape index (κ1) is 15.9. The van der Waals surface area contributed by atoms with Crippen LogP contribution in [-0.2, 0) is 9.53 Å². The molecule has 0 saturated carbocycles. The van der Waals surface area contributed by atoms with Crippen LogP contribution in [0.1, 0.15) is 11.1 Å². The Morgan fingerprint density at radius 1 is 1.12 bits per heavy atom. The molecule has 24 heavy (non-hydrogen) atoms. The summed E-state index contributed by atoms with van der Waals surface area (Å²) >= 11 is 1.63. The molecule has 3 rings (SSSR count). The predicted octanol–water partition coefficient (Wildman–Crippen LogP) is 3.66. The quantitative estimate of drug-likeness (QED) is 0.279. The van der Waals surface area contributed by atoms with Gasteiger partial charge < -0.3 is 4.74 Å². The van der Waals surface area contributed by atoms with E-state index in [1.165, 1.54) is 24.3 Å². The Balaban J connectivity index is 1.86. The Morgan fingerprint density at radius 3 is 2.38 bits per heavy atom. The van der Waals surface area contributed by atoms with Gasteiger partial charge in [0.15, 0.2) is 5.70 Å². The van der Waals surface area contributed by atoms with E-state index >= 15 is 0 Å². The second-order valence-corrected chi connectivity index (χ2v) is 5.79. The van der Waals surface area contributed by atoms with Gasteiger partial charge >= 0.3 is 5.97 Å². The normalized spacial score (nSPS) is 15.3. The van der Waals surface area contributed by atoms with Crippen molar-refractivity contribution in [3.8, 4) is 0 Å². The summed E-state index contributed by atoms with van der Waals surface area (Å²) in [6.07, 6.45) is 3.63. The second kappa shape index (κ2) is 6.67. The molecule has 0 spiro atoms. The molecule has 0 radical (unpaired) electrons. The highest BCUT2D eigenvalue weighted by Crippen LogP contribution is 2.22. The number of carbonyl (C=O) groups is 1. The third-order valence-electron chi connectivity index (χ3n) is 3.36. The number of carbonyl (C=O) groups excluding carboxylic acids is 1. The summed E-state index contributed by atoms with van der Waals surface area (Å²) in [5, 5.41) is 10.7. The van der Waals surface area contributed by atoms with Crippen LogP contribution in [0.15, 0.2) is 64.1 Å². The summed E-state index contributed by atoms with van der Waals surface area (Å²) in [4.78, 5) is 27.4. The maximum absolute atomic E-state index is 11.9. The van der Waals surface area contributed by atoms with Gasteiger partial charge in [-0.25, -0.2) is 9.79 Å². The van der Waals surface area contributed by atoms with Gasteiger partial charge in [-0.15, -0.1) is 11.8 Å². The fourth-order valence-corrected chi connectivity index (χ4v) is 2.52. The van der Waals surface area contributed by atoms with Gasteiger partial charge in [0.25, 0.3) is 5.69 Å². The standard InChI is InChI=1S/C17H12N2O4S/c1-24-14-8-2-11(3-9-14)10-15-17(20)23-16(18-15)12-4-6-13(7-5-12)19(21)22/h2-10H,1H3. The van der Waals surface area contributed by atoms with Gasteiger partial charge in [0.05, 0.1) is 4.92 Å². The topological polar surface area (TPSA) is 81.8 Å². The van der Waals surface area contributed by atoms with Crippen molar-refractivity contribution in [3.05, 3.63) is 75.5 Å². The Labute approximate surface area is 142 Å². The van der Waals surface area contributed by atoms with Gasteiger partial charge in [-0.3, -0.25) is 10.1 Å². The van der Waals surface area contributed by atoms with Crippen molar-refractivity contribution < 1.29 is 14.5 Å². The van der Waals surface area contributed by atoms with Crippen LogP contribution in [0.2, 0.25) is 0 Å². The average Bonchev–Trinajstić information content (AvgIpc) is 2.96. The van der Waals surface area contributed by atoms with Crippen LogP contribution in [0.25, 0.3) is 6.08 Å². The number of ether oxygens (including phenoxy) is 1. The van der Waals surface area contributed by atoms with Gasteiger partial charge in [0.2, 0.25) is 5.90 Å². The fourth-order valence-electron chi connectivity index (χ4n) is 2.12. The smallest absolute Gasteiger partial charge is 0.363 e. The third kappa shape index (κ3) is 3.36. The fraction of sp³-hybridized carbons (Fsp3) is 0.0588. The number of hydrogen-bond donors (Lipinski definition) is 0. The zero-order valence-corrected chi connectivity index (χ0v) is 13.4. The predicted molar refractivity (Wildman–Crippen MR) is 91.9 cm³/mol. The summed E-state index contributed by atoms with van der Waals surface area (Å²) in [6.45, 7) is 0. The number of non-ortho nitro benzene ring substituents is 1. The number of rotatable bonds is 4. The van der Waals surface area contributed by atoms with Crippen molar-refractivity contribution in [3.63, 3.8) is 0 Å². The van der Waals surface area contributed by atoms with E-state index in [-0.39, 0.29) is 17.3 Å². The monoisotopic (exact) mass is 340 g/mol. The number of nitrogens with zero attached hydrogens (tertiary/aromatic N) is 2. The molecule has 120 valence electrons. The minimum atomic E-state index is -0.544. The van der Waals surface area contributed by atoms with E-state index in [9.17, 15) is 14.9 Å². The number of esters is 1. The Morgan fingerprint density at radius 2 is 1.79 bits per heavy atom. The maximum atomic E-state index is 11.9. The highest BCUT2D eigenvalue weighted by Gasteiger charge is 2.24. The number of hydrogen-bond acceptors (Lipinski definition) is 6. The first-order chi connectivity index (χ1) is 11.6. The molecule has 7 heteroatoms. The number of thioether (sulfide) groups is 1. The number of nitro groups is 1. The Kier molecular flexibility index (Phi) is 4.43. The van der Waals surface area contributed by atoms with Crippen molar-refractivity contribution in [2.24, 2.45) is 4.99 Å². The summed E-state index contributed by atoms with van der Waals surface area (Å²) in [6, 6.07) is 13.4. The van der Waals surface area contributed by atoms with E-state index in [4.69, 9.17) is 4.74 Å². The van der Waals surface area contributed by atoms with Crippen LogP contribution >= 0.6 is 11.8 Å². The number of cyclic esters (lactones) is 1. The van der Waals surface area contributed by atoms with E-state index in [2.05, 4.69) is 4.99 Å². The van der Waals surface area contributed by atoms with Gasteiger partial charge in [0.1, 0.15) is 0 Å². The molecule has 0 aliphatic carbocycles. The van der Waals surface area contributed by atoms with Crippen LogP contribution in [0.4, 0.5) is 5.69 Å². The van der Waals surface area contributed by atoms with E-state index in [0.717, 1.165) is 10.5 Å². The summed E-state index contributed by atoms with van der Waals surface area (Å²) in [7, 11) is 0. The van der Waals surface area contributed by atoms with Crippen LogP contribution in [0, 0.1) is 10.1 Å². The molecule has 0 unspecified atom stereocenters. The van der Waals surface area contributed by atoms with Crippen molar-refractivity contribution in [2.45, 2.75) is 4.90 Å². The van der Waals surface area contributed by atoms with Gasteiger partial charge in [-0.2, -0.15) is 0 Å². The summed E-state index contributed by atoms with van der Waals surface area (Å²) in [5.74, 6) is -0.404. The highest BCUT2D eigenvalue weighted by atomic mass is 32.2. The number of benzene rings is 2. The molecule has 1 aliphatic rings. The van der Waals surface area contributed by atoms with E-state index in [1.807, 2.05) is 30.5 Å². The molecule has 0 bridgehead atoms. The largest absolute Gasteiger partial charge is 0.402 e. The lowest BCUT2D eigenvalue weighted by Crippen LogP contribution is -2.05. The molecule has 0 amide bonds. The Bertz CT molecular complexity index is 855. The lowest BCUT2D eigenvalue weighted by atomic mass is 10.2. The van der Waals surface area contributed by atoms with Crippen LogP contribution in [0.5, 0.6) is 0 Å². The molecular weight excluding hydrogens is 328 g/mol. The molecule has 0 aromatic heterocycles. The SMILES string of the molecule is CSc1ccc(C=C2N=C(c3ccc([N+](=O)[O-])cc3)OC2=O)cc1. The molecule has 2 aromatic carbocycles. The maximum Gasteiger partial charge on any atom is 0.363 e. The molecule has 2 aromatic rings. The molecule has 0 fully saturated rings. The van der Waals surface area contributed by atoms with Gasteiger partial charge in [0, 0.05) is 22.6 Å². The van der Waals surface area contributed by atoms with E-state index in [1.54, 1.807) is 17.8 Å². The zero-order chi connectivity index (χ0) is 17.1. The number of aliphatic imine (C=N–C) groups is 1. The molecule has 0 saturated heterocycles. The first-order valence-electron chi connectivity index (χ1n) is 6.98. The highest BCUT2D eigenvalue weighted by molar-refractivity contribution is 7.98. The first-order valence-corrected chi connectivity index (χ1v) is 8.21. The average molecular weight is 340 g/mol. The molecule has 1 heterocycles. The lowest BCUT2D eigenvalue weighted by molar-refractivity contribution is -0.384. The molecular formula is C17H12N2O4S. The Hall–Kier alpha value is -2.93. The summed E-state index contributed by atoms with van der Waals surface area (Å²) in [5.41, 5.74) is 1.51. The van der Waals surface area contributed by atoms with Crippen LogP contribution < -0.4 is 0 Å². The van der Waals surface area contributed by atoms with E-state index in [0.29, 0.717) is 5.56 Å². The van der Waals surface area contributed by atoms with Crippen molar-refractivity contribution in [1.82, 2.24) is 0 Å². The molecule has 0 atom stereocenters. The van der Waals surface area contributed by atoms with Crippen LogP contribution in [-0.4, -0.2) is 23.0 Å². The van der Waals surface area contributed by atoms with Gasteiger partial charge in [-0.05, 0) is 42.2 Å². The lowest BCUT2D eigenvalue weighted by Gasteiger charge is -1.98. The molecule has 6 nitrogen and oxygen atoms in total. The minimum Gasteiger partial charge on any atom is -0.402 e. The number of nitro benzene ring substituents is 1. The minimum absolute atomic E-state index is 0.0340. The zero-order valence-electron chi connectivity index (χ0n) is 12.6. The molecule has 1 aliphatic heterocycles. The van der Waals surface area contributed by atoms with Crippen molar-refractivity contribution >= 4 is 35.4 Å².